The first-order chi connectivity index (χ1) is 15.1. The minimum absolute atomic E-state index is 0.329. The predicted octanol–water partition coefficient (Wildman–Crippen LogP) is 4.91. The Kier molecular flexibility index (Phi) is 4.51. The first-order valence-corrected chi connectivity index (χ1v) is 9.93. The number of hydrogen-bond acceptors (Lipinski definition) is 4. The van der Waals surface area contributed by atoms with Crippen LogP contribution in [0.5, 0.6) is 5.75 Å². The zero-order valence-corrected chi connectivity index (χ0v) is 16.9. The Morgan fingerprint density at radius 1 is 0.871 bits per heavy atom. The number of hydrogen-bond donors (Lipinski definition) is 1. The van der Waals surface area contributed by atoms with Gasteiger partial charge in [-0.1, -0.05) is 36.4 Å². The van der Waals surface area contributed by atoms with E-state index in [4.69, 9.17) is 15.5 Å². The van der Waals surface area contributed by atoms with Gasteiger partial charge in [0.2, 0.25) is 0 Å². The number of halogens is 1. The topological polar surface area (TPSA) is 60.5 Å². The standard InChI is InChI=1S/C26H20FN3O/c1-31-22-10-7-19(8-11-22)26(24-15-21(27)9-12-23(24)25(28)30-26)20-6-2-4-17(14-20)18-5-3-13-29-16-18/h2-16H,1H3,(H2,28,30). The Balaban J connectivity index is 1.79. The zero-order valence-electron chi connectivity index (χ0n) is 16.9. The Morgan fingerprint density at radius 3 is 2.42 bits per heavy atom. The molecule has 1 aliphatic heterocycles. The van der Waals surface area contributed by atoms with Crippen molar-refractivity contribution >= 4 is 5.84 Å². The molecule has 4 aromatic rings. The second-order valence-electron chi connectivity index (χ2n) is 7.45. The molecule has 1 atom stereocenters. The van der Waals surface area contributed by atoms with Gasteiger partial charge in [0.15, 0.2) is 0 Å². The minimum Gasteiger partial charge on any atom is -0.497 e. The molecule has 5 rings (SSSR count). The highest BCUT2D eigenvalue weighted by molar-refractivity contribution is 6.03. The highest BCUT2D eigenvalue weighted by atomic mass is 19.1. The van der Waals surface area contributed by atoms with Crippen LogP contribution in [0.3, 0.4) is 0 Å². The molecule has 2 heterocycles. The number of nitrogens with zero attached hydrogens (tertiary/aromatic N) is 2. The van der Waals surface area contributed by atoms with Crippen LogP contribution in [0.25, 0.3) is 11.1 Å². The molecule has 0 amide bonds. The largest absolute Gasteiger partial charge is 0.497 e. The van der Waals surface area contributed by atoms with E-state index < -0.39 is 5.54 Å². The van der Waals surface area contributed by atoms with Crippen LogP contribution in [-0.2, 0) is 5.54 Å². The average Bonchev–Trinajstić information content (AvgIpc) is 3.12. The van der Waals surface area contributed by atoms with Crippen molar-refractivity contribution in [1.29, 1.82) is 0 Å². The lowest BCUT2D eigenvalue weighted by Crippen LogP contribution is -2.25. The lowest BCUT2D eigenvalue weighted by Gasteiger charge is -2.29. The number of methoxy groups -OCH3 is 1. The monoisotopic (exact) mass is 409 g/mol. The van der Waals surface area contributed by atoms with Crippen LogP contribution in [0.15, 0.2) is 96.2 Å². The van der Waals surface area contributed by atoms with Crippen molar-refractivity contribution in [3.63, 3.8) is 0 Å². The quantitative estimate of drug-likeness (QED) is 0.521. The summed E-state index contributed by atoms with van der Waals surface area (Å²) in [6.07, 6.45) is 3.56. The average molecular weight is 409 g/mol. The van der Waals surface area contributed by atoms with E-state index in [-0.39, 0.29) is 5.82 Å². The molecule has 1 aromatic heterocycles. The summed E-state index contributed by atoms with van der Waals surface area (Å²) in [5, 5.41) is 0. The van der Waals surface area contributed by atoms with E-state index >= 15 is 0 Å². The smallest absolute Gasteiger partial charge is 0.139 e. The Morgan fingerprint density at radius 2 is 1.68 bits per heavy atom. The summed E-state index contributed by atoms with van der Waals surface area (Å²) in [4.78, 5) is 9.16. The van der Waals surface area contributed by atoms with E-state index in [2.05, 4.69) is 11.1 Å². The van der Waals surface area contributed by atoms with Crippen LogP contribution in [0, 0.1) is 5.82 Å². The maximum atomic E-state index is 14.4. The van der Waals surface area contributed by atoms with Gasteiger partial charge in [0.25, 0.3) is 0 Å². The van der Waals surface area contributed by atoms with Crippen molar-refractivity contribution in [2.45, 2.75) is 5.54 Å². The van der Waals surface area contributed by atoms with Gasteiger partial charge in [0.1, 0.15) is 22.9 Å². The van der Waals surface area contributed by atoms with Gasteiger partial charge in [-0.25, -0.2) is 9.38 Å². The Labute approximate surface area is 179 Å². The summed E-state index contributed by atoms with van der Waals surface area (Å²) in [6.45, 7) is 0. The normalized spacial score (nSPS) is 17.2. The predicted molar refractivity (Wildman–Crippen MR) is 120 cm³/mol. The number of nitrogens with two attached hydrogens (primary N) is 1. The first-order valence-electron chi connectivity index (χ1n) is 9.93. The third-order valence-corrected chi connectivity index (χ3v) is 5.72. The molecule has 4 nitrogen and oxygen atoms in total. The van der Waals surface area contributed by atoms with Crippen LogP contribution in [0.1, 0.15) is 22.3 Å². The van der Waals surface area contributed by atoms with Crippen LogP contribution < -0.4 is 10.5 Å². The molecule has 0 radical (unpaired) electrons. The first kappa shape index (κ1) is 19.0. The molecule has 0 saturated heterocycles. The van der Waals surface area contributed by atoms with Crippen LogP contribution in [0.2, 0.25) is 0 Å². The van der Waals surface area contributed by atoms with Gasteiger partial charge < -0.3 is 10.5 Å². The van der Waals surface area contributed by atoms with E-state index in [1.165, 1.54) is 12.1 Å². The fraction of sp³-hybridized carbons (Fsp3) is 0.0769. The van der Waals surface area contributed by atoms with Crippen molar-refractivity contribution in [1.82, 2.24) is 4.98 Å². The number of pyridine rings is 1. The fourth-order valence-corrected chi connectivity index (χ4v) is 4.24. The molecule has 0 fully saturated rings. The van der Waals surface area contributed by atoms with Crippen molar-refractivity contribution in [3.8, 4) is 16.9 Å². The third-order valence-electron chi connectivity index (χ3n) is 5.72. The minimum atomic E-state index is -0.966. The van der Waals surface area contributed by atoms with Gasteiger partial charge >= 0.3 is 0 Å². The van der Waals surface area contributed by atoms with Crippen LogP contribution >= 0.6 is 0 Å². The fourth-order valence-electron chi connectivity index (χ4n) is 4.24. The number of amidine groups is 1. The number of ether oxygens (including phenoxy) is 1. The summed E-state index contributed by atoms with van der Waals surface area (Å²) in [7, 11) is 1.62. The van der Waals surface area contributed by atoms with Gasteiger partial charge in [0, 0.05) is 23.5 Å². The molecule has 2 N–H and O–H groups in total. The van der Waals surface area contributed by atoms with E-state index in [0.29, 0.717) is 5.84 Å². The van der Waals surface area contributed by atoms with E-state index in [1.807, 2.05) is 60.8 Å². The molecule has 0 saturated carbocycles. The van der Waals surface area contributed by atoms with Crippen LogP contribution in [-0.4, -0.2) is 17.9 Å². The van der Waals surface area contributed by atoms with E-state index in [9.17, 15) is 4.39 Å². The number of fused-ring (bicyclic) bond motifs is 1. The SMILES string of the molecule is COc1ccc(C2(c3cccc(-c4cccnc4)c3)N=C(N)c3ccc(F)cc32)cc1. The molecule has 31 heavy (non-hydrogen) atoms. The summed E-state index contributed by atoms with van der Waals surface area (Å²) >= 11 is 0. The molecule has 0 bridgehead atoms. The van der Waals surface area contributed by atoms with Gasteiger partial charge in [-0.2, -0.15) is 0 Å². The number of aliphatic imine (C=N–C) groups is 1. The Hall–Kier alpha value is -3.99. The van der Waals surface area contributed by atoms with Crippen molar-refractivity contribution in [2.75, 3.05) is 7.11 Å². The number of benzene rings is 3. The lowest BCUT2D eigenvalue weighted by molar-refractivity contribution is 0.414. The van der Waals surface area contributed by atoms with Crippen molar-refractivity contribution in [2.24, 2.45) is 10.7 Å². The van der Waals surface area contributed by atoms with Gasteiger partial charge in [0.05, 0.1) is 7.11 Å². The zero-order chi connectivity index (χ0) is 21.4. The van der Waals surface area contributed by atoms with E-state index in [0.717, 1.165) is 39.1 Å². The molecule has 5 heteroatoms. The molecule has 0 aliphatic carbocycles. The maximum Gasteiger partial charge on any atom is 0.139 e. The van der Waals surface area contributed by atoms with Gasteiger partial charge in [-0.15, -0.1) is 0 Å². The summed E-state index contributed by atoms with van der Waals surface area (Å²) in [5.41, 5.74) is 10.6. The van der Waals surface area contributed by atoms with Gasteiger partial charge in [-0.3, -0.25) is 4.98 Å². The summed E-state index contributed by atoms with van der Waals surface area (Å²) in [6, 6.07) is 24.3. The van der Waals surface area contributed by atoms with Crippen molar-refractivity contribution in [3.05, 3.63) is 119 Å². The van der Waals surface area contributed by atoms with E-state index in [1.54, 1.807) is 19.4 Å². The molecular formula is C26H20FN3O. The van der Waals surface area contributed by atoms with Gasteiger partial charge in [-0.05, 0) is 64.7 Å². The van der Waals surface area contributed by atoms with Crippen molar-refractivity contribution < 1.29 is 9.13 Å². The molecule has 1 unspecified atom stereocenters. The summed E-state index contributed by atoms with van der Waals surface area (Å²) in [5.74, 6) is 0.792. The van der Waals surface area contributed by atoms with Crippen LogP contribution in [0.4, 0.5) is 4.39 Å². The molecule has 0 spiro atoms. The third kappa shape index (κ3) is 3.06. The number of rotatable bonds is 4. The molecule has 3 aromatic carbocycles. The second-order valence-corrected chi connectivity index (χ2v) is 7.45. The lowest BCUT2D eigenvalue weighted by atomic mass is 9.77. The molecule has 152 valence electrons. The highest BCUT2D eigenvalue weighted by Gasteiger charge is 2.43. The summed E-state index contributed by atoms with van der Waals surface area (Å²) < 4.78 is 19.7. The molecular weight excluding hydrogens is 389 g/mol. The maximum absolute atomic E-state index is 14.4. The second kappa shape index (κ2) is 7.36. The Bertz CT molecular complexity index is 1290. The highest BCUT2D eigenvalue weighted by Crippen LogP contribution is 2.47. The molecule has 1 aliphatic rings. The number of aromatic nitrogens is 1.